The smallest absolute Gasteiger partial charge is 0.165 e. The fraction of sp³-hybridized carbons (Fsp3) is 0.429. The van der Waals surface area contributed by atoms with E-state index in [1.807, 2.05) is 6.07 Å². The van der Waals surface area contributed by atoms with Crippen molar-refractivity contribution in [1.82, 2.24) is 0 Å². The molecule has 1 aromatic rings. The van der Waals surface area contributed by atoms with Crippen LogP contribution in [0, 0.1) is 5.82 Å². The van der Waals surface area contributed by atoms with Gasteiger partial charge in [0.15, 0.2) is 11.6 Å². The van der Waals surface area contributed by atoms with Gasteiger partial charge >= 0.3 is 0 Å². The van der Waals surface area contributed by atoms with E-state index in [2.05, 4.69) is 13.5 Å². The van der Waals surface area contributed by atoms with Crippen molar-refractivity contribution in [3.8, 4) is 5.75 Å². The molecule has 0 bridgehead atoms. The number of ether oxygens (including phenoxy) is 1. The zero-order chi connectivity index (χ0) is 11.8. The highest BCUT2D eigenvalue weighted by molar-refractivity contribution is 5.30. The highest BCUT2D eigenvalue weighted by Crippen LogP contribution is 2.19. The Morgan fingerprint density at radius 2 is 2.19 bits per heavy atom. The van der Waals surface area contributed by atoms with Crippen LogP contribution in [0.1, 0.15) is 31.7 Å². The van der Waals surface area contributed by atoms with Crippen LogP contribution in [0.5, 0.6) is 5.75 Å². The number of halogens is 1. The maximum absolute atomic E-state index is 13.5. The SMILES string of the molecule is C=CCc1ccc(OCCCCC)c(F)c1. The van der Waals surface area contributed by atoms with E-state index in [1.54, 1.807) is 12.1 Å². The minimum Gasteiger partial charge on any atom is -0.491 e. The van der Waals surface area contributed by atoms with Crippen molar-refractivity contribution in [2.24, 2.45) is 0 Å². The third kappa shape index (κ3) is 4.05. The molecule has 0 aliphatic heterocycles. The van der Waals surface area contributed by atoms with Crippen LogP contribution in [0.15, 0.2) is 30.9 Å². The molecule has 0 N–H and O–H groups in total. The van der Waals surface area contributed by atoms with E-state index in [0.29, 0.717) is 18.8 Å². The summed E-state index contributed by atoms with van der Waals surface area (Å²) in [4.78, 5) is 0. The number of hydrogen-bond acceptors (Lipinski definition) is 1. The van der Waals surface area contributed by atoms with Crippen LogP contribution < -0.4 is 4.74 Å². The quantitative estimate of drug-likeness (QED) is 0.498. The van der Waals surface area contributed by atoms with E-state index in [9.17, 15) is 4.39 Å². The number of allylic oxidation sites excluding steroid dienone is 1. The number of benzene rings is 1. The van der Waals surface area contributed by atoms with Crippen molar-refractivity contribution in [2.45, 2.75) is 32.6 Å². The Morgan fingerprint density at radius 1 is 1.38 bits per heavy atom. The van der Waals surface area contributed by atoms with Gasteiger partial charge in [0.25, 0.3) is 0 Å². The molecule has 0 aliphatic carbocycles. The zero-order valence-electron chi connectivity index (χ0n) is 9.84. The summed E-state index contributed by atoms with van der Waals surface area (Å²) in [5.41, 5.74) is 0.924. The lowest BCUT2D eigenvalue weighted by Gasteiger charge is -2.07. The predicted octanol–water partition coefficient (Wildman–Crippen LogP) is 4.12. The molecular weight excluding hydrogens is 203 g/mol. The second kappa shape index (κ2) is 7.04. The molecule has 0 saturated heterocycles. The molecule has 0 fully saturated rings. The number of unbranched alkanes of at least 4 members (excludes halogenated alkanes) is 2. The second-order valence-corrected chi connectivity index (χ2v) is 3.81. The van der Waals surface area contributed by atoms with Crippen LogP contribution >= 0.6 is 0 Å². The van der Waals surface area contributed by atoms with Gasteiger partial charge in [-0.05, 0) is 30.5 Å². The van der Waals surface area contributed by atoms with E-state index in [0.717, 1.165) is 24.8 Å². The first-order valence-electron chi connectivity index (χ1n) is 5.80. The van der Waals surface area contributed by atoms with Crippen molar-refractivity contribution in [3.05, 3.63) is 42.2 Å². The highest BCUT2D eigenvalue weighted by atomic mass is 19.1. The normalized spacial score (nSPS) is 10.1. The number of hydrogen-bond donors (Lipinski definition) is 0. The van der Waals surface area contributed by atoms with Crippen LogP contribution in [0.4, 0.5) is 4.39 Å². The first-order chi connectivity index (χ1) is 7.77. The average molecular weight is 222 g/mol. The molecule has 0 unspecified atom stereocenters. The largest absolute Gasteiger partial charge is 0.491 e. The summed E-state index contributed by atoms with van der Waals surface area (Å²) in [6.07, 6.45) is 5.69. The van der Waals surface area contributed by atoms with E-state index in [4.69, 9.17) is 4.74 Å². The minimum absolute atomic E-state index is 0.282. The monoisotopic (exact) mass is 222 g/mol. The molecule has 0 radical (unpaired) electrons. The lowest BCUT2D eigenvalue weighted by atomic mass is 10.1. The van der Waals surface area contributed by atoms with Gasteiger partial charge in [-0.2, -0.15) is 0 Å². The van der Waals surface area contributed by atoms with Crippen LogP contribution in [0.2, 0.25) is 0 Å². The Bertz CT molecular complexity index is 334. The molecule has 0 amide bonds. The molecule has 0 aromatic heterocycles. The molecule has 0 spiro atoms. The molecule has 0 atom stereocenters. The topological polar surface area (TPSA) is 9.23 Å². The molecule has 16 heavy (non-hydrogen) atoms. The summed E-state index contributed by atoms with van der Waals surface area (Å²) in [7, 11) is 0. The van der Waals surface area contributed by atoms with Gasteiger partial charge in [0, 0.05) is 0 Å². The Morgan fingerprint density at radius 3 is 2.81 bits per heavy atom. The molecule has 0 saturated carbocycles. The first-order valence-corrected chi connectivity index (χ1v) is 5.80. The van der Waals surface area contributed by atoms with Crippen LogP contribution in [-0.2, 0) is 6.42 Å². The van der Waals surface area contributed by atoms with E-state index in [-0.39, 0.29) is 5.82 Å². The van der Waals surface area contributed by atoms with Crippen molar-refractivity contribution >= 4 is 0 Å². The predicted molar refractivity (Wildman–Crippen MR) is 65.3 cm³/mol. The Hall–Kier alpha value is -1.31. The van der Waals surface area contributed by atoms with E-state index in [1.165, 1.54) is 6.07 Å². The summed E-state index contributed by atoms with van der Waals surface area (Å²) in [5, 5.41) is 0. The molecule has 1 nitrogen and oxygen atoms in total. The molecule has 1 rings (SSSR count). The number of rotatable bonds is 7. The van der Waals surface area contributed by atoms with Gasteiger partial charge in [-0.15, -0.1) is 6.58 Å². The van der Waals surface area contributed by atoms with Crippen LogP contribution in [-0.4, -0.2) is 6.61 Å². The molecule has 2 heteroatoms. The third-order valence-electron chi connectivity index (χ3n) is 2.38. The van der Waals surface area contributed by atoms with E-state index >= 15 is 0 Å². The maximum atomic E-state index is 13.5. The lowest BCUT2D eigenvalue weighted by Crippen LogP contribution is -1.99. The van der Waals surface area contributed by atoms with Crippen molar-refractivity contribution in [3.63, 3.8) is 0 Å². The zero-order valence-corrected chi connectivity index (χ0v) is 9.84. The Balaban J connectivity index is 2.50. The van der Waals surface area contributed by atoms with Crippen LogP contribution in [0.25, 0.3) is 0 Å². The van der Waals surface area contributed by atoms with Gasteiger partial charge in [0.2, 0.25) is 0 Å². The van der Waals surface area contributed by atoms with Gasteiger partial charge in [-0.25, -0.2) is 4.39 Å². The van der Waals surface area contributed by atoms with Gasteiger partial charge in [-0.1, -0.05) is 31.9 Å². The standard InChI is InChI=1S/C14H19FO/c1-3-5-6-10-16-14-9-8-12(7-4-2)11-13(14)15/h4,8-9,11H,2-3,5-7,10H2,1H3. The molecule has 88 valence electrons. The molecule has 1 aromatic carbocycles. The van der Waals surface area contributed by atoms with Crippen molar-refractivity contribution in [1.29, 1.82) is 0 Å². The van der Waals surface area contributed by atoms with Crippen LogP contribution in [0.3, 0.4) is 0 Å². The first kappa shape index (κ1) is 12.8. The minimum atomic E-state index is -0.282. The molecule has 0 heterocycles. The van der Waals surface area contributed by atoms with Gasteiger partial charge < -0.3 is 4.74 Å². The van der Waals surface area contributed by atoms with Crippen molar-refractivity contribution in [2.75, 3.05) is 6.61 Å². The van der Waals surface area contributed by atoms with Gasteiger partial charge in [-0.3, -0.25) is 0 Å². The Kier molecular flexibility index (Phi) is 5.62. The lowest BCUT2D eigenvalue weighted by molar-refractivity contribution is 0.291. The van der Waals surface area contributed by atoms with Gasteiger partial charge in [0.05, 0.1) is 6.61 Å². The summed E-state index contributed by atoms with van der Waals surface area (Å²) in [6.45, 7) is 6.34. The Labute approximate surface area is 96.9 Å². The summed E-state index contributed by atoms with van der Waals surface area (Å²) >= 11 is 0. The second-order valence-electron chi connectivity index (χ2n) is 3.81. The molecule has 0 aliphatic rings. The fourth-order valence-corrected chi connectivity index (χ4v) is 1.49. The van der Waals surface area contributed by atoms with Crippen molar-refractivity contribution < 1.29 is 9.13 Å². The fourth-order valence-electron chi connectivity index (χ4n) is 1.49. The van der Waals surface area contributed by atoms with Gasteiger partial charge in [0.1, 0.15) is 0 Å². The summed E-state index contributed by atoms with van der Waals surface area (Å²) < 4.78 is 18.9. The summed E-state index contributed by atoms with van der Waals surface area (Å²) in [6, 6.07) is 5.08. The third-order valence-corrected chi connectivity index (χ3v) is 2.38. The highest BCUT2D eigenvalue weighted by Gasteiger charge is 2.03. The average Bonchev–Trinajstić information content (AvgIpc) is 2.27. The molecular formula is C14H19FO. The maximum Gasteiger partial charge on any atom is 0.165 e. The van der Waals surface area contributed by atoms with E-state index < -0.39 is 0 Å². The summed E-state index contributed by atoms with van der Waals surface area (Å²) in [5.74, 6) is 0.0692.